The Morgan fingerprint density at radius 2 is 1.92 bits per heavy atom. The number of ether oxygens (including phenoxy) is 1. The molecule has 0 aliphatic heterocycles. The largest absolute Gasteiger partial charge is 0.445 e. The Balaban J connectivity index is 1.51. The fourth-order valence-electron chi connectivity index (χ4n) is 2.67. The van der Waals surface area contributed by atoms with Gasteiger partial charge in [0.2, 0.25) is 5.91 Å². The number of alkyl carbamates (subject to hydrolysis) is 1. The zero-order valence-electron chi connectivity index (χ0n) is 15.1. The molecule has 1 saturated carbocycles. The van der Waals surface area contributed by atoms with E-state index in [2.05, 4.69) is 22.9 Å². The smallest absolute Gasteiger partial charge is 0.407 e. The summed E-state index contributed by atoms with van der Waals surface area (Å²) in [7, 11) is 0. The van der Waals surface area contributed by atoms with Crippen molar-refractivity contribution in [2.45, 2.75) is 64.3 Å². The van der Waals surface area contributed by atoms with Crippen LogP contribution in [0.25, 0.3) is 0 Å². The van der Waals surface area contributed by atoms with Crippen LogP contribution >= 0.6 is 0 Å². The van der Waals surface area contributed by atoms with Gasteiger partial charge >= 0.3 is 6.09 Å². The van der Waals surface area contributed by atoms with E-state index >= 15 is 0 Å². The van der Waals surface area contributed by atoms with Gasteiger partial charge in [-0.1, -0.05) is 37.3 Å². The van der Waals surface area contributed by atoms with Crippen LogP contribution in [0.2, 0.25) is 0 Å². The van der Waals surface area contributed by atoms with Crippen molar-refractivity contribution >= 4 is 12.0 Å². The van der Waals surface area contributed by atoms with Crippen molar-refractivity contribution in [3.63, 3.8) is 0 Å². The predicted molar refractivity (Wildman–Crippen MR) is 97.1 cm³/mol. The number of hydrogen-bond donors (Lipinski definition) is 3. The Hall–Kier alpha value is -2.08. The molecule has 0 heterocycles. The quantitative estimate of drug-likeness (QED) is 0.641. The van der Waals surface area contributed by atoms with Crippen LogP contribution in [-0.2, 0) is 16.1 Å². The highest BCUT2D eigenvalue weighted by molar-refractivity contribution is 5.76. The van der Waals surface area contributed by atoms with Gasteiger partial charge < -0.3 is 20.7 Å². The molecule has 0 aromatic heterocycles. The van der Waals surface area contributed by atoms with Gasteiger partial charge in [0.15, 0.2) is 0 Å². The highest BCUT2D eigenvalue weighted by Gasteiger charge is 2.30. The van der Waals surface area contributed by atoms with E-state index < -0.39 is 0 Å². The van der Waals surface area contributed by atoms with E-state index in [4.69, 9.17) is 4.74 Å². The summed E-state index contributed by atoms with van der Waals surface area (Å²) in [5, 5.41) is 9.17. The molecule has 1 atom stereocenters. The second-order valence-corrected chi connectivity index (χ2v) is 6.65. The van der Waals surface area contributed by atoms with Gasteiger partial charge in [0, 0.05) is 31.1 Å². The maximum absolute atomic E-state index is 11.8. The standard InChI is InChI=1S/C19H29N3O3/c1-3-14(2)21-18(23)9-10-20-16-11-17(12-16)22-19(24)25-13-15-7-5-4-6-8-15/h4-8,14,16-17,20H,3,9-13H2,1-2H3,(H,21,23)(H,22,24). The maximum Gasteiger partial charge on any atom is 0.407 e. The minimum absolute atomic E-state index is 0.0836. The molecule has 1 aliphatic rings. The molecular weight excluding hydrogens is 318 g/mol. The summed E-state index contributed by atoms with van der Waals surface area (Å²) in [5.41, 5.74) is 0.974. The molecule has 1 aromatic carbocycles. The first-order valence-corrected chi connectivity index (χ1v) is 9.06. The molecule has 0 radical (unpaired) electrons. The second kappa shape index (κ2) is 10.0. The summed E-state index contributed by atoms with van der Waals surface area (Å²) < 4.78 is 5.21. The van der Waals surface area contributed by atoms with Crippen molar-refractivity contribution in [2.24, 2.45) is 0 Å². The molecule has 138 valence electrons. The Bertz CT molecular complexity index is 544. The summed E-state index contributed by atoms with van der Waals surface area (Å²) in [4.78, 5) is 23.4. The van der Waals surface area contributed by atoms with Gasteiger partial charge in [0.1, 0.15) is 6.61 Å². The van der Waals surface area contributed by atoms with Crippen LogP contribution in [0.4, 0.5) is 4.79 Å². The number of carbonyl (C=O) groups is 2. The van der Waals surface area contributed by atoms with E-state index in [1.54, 1.807) is 0 Å². The topological polar surface area (TPSA) is 79.5 Å². The molecule has 0 spiro atoms. The number of carbonyl (C=O) groups excluding carboxylic acids is 2. The zero-order valence-corrected chi connectivity index (χ0v) is 15.1. The van der Waals surface area contributed by atoms with Gasteiger partial charge in [0.05, 0.1) is 0 Å². The van der Waals surface area contributed by atoms with Crippen molar-refractivity contribution in [3.8, 4) is 0 Å². The Morgan fingerprint density at radius 3 is 2.60 bits per heavy atom. The van der Waals surface area contributed by atoms with Crippen molar-refractivity contribution in [1.29, 1.82) is 0 Å². The summed E-state index contributed by atoms with van der Waals surface area (Å²) in [6.45, 7) is 5.00. The minimum atomic E-state index is -0.375. The van der Waals surface area contributed by atoms with Crippen LogP contribution in [0.15, 0.2) is 30.3 Å². The van der Waals surface area contributed by atoms with Crippen molar-refractivity contribution in [1.82, 2.24) is 16.0 Å². The number of nitrogens with one attached hydrogen (secondary N) is 3. The maximum atomic E-state index is 11.8. The van der Waals surface area contributed by atoms with E-state index in [1.807, 2.05) is 37.3 Å². The first-order valence-electron chi connectivity index (χ1n) is 9.06. The number of hydrogen-bond acceptors (Lipinski definition) is 4. The molecule has 0 bridgehead atoms. The average molecular weight is 347 g/mol. The summed E-state index contributed by atoms with van der Waals surface area (Å²) in [6.07, 6.45) is 2.79. The van der Waals surface area contributed by atoms with Crippen LogP contribution in [0.1, 0.15) is 45.1 Å². The summed E-state index contributed by atoms with van der Waals surface area (Å²) >= 11 is 0. The highest BCUT2D eigenvalue weighted by Crippen LogP contribution is 2.20. The number of amides is 2. The second-order valence-electron chi connectivity index (χ2n) is 6.65. The monoisotopic (exact) mass is 347 g/mol. The zero-order chi connectivity index (χ0) is 18.1. The first-order chi connectivity index (χ1) is 12.1. The lowest BCUT2D eigenvalue weighted by molar-refractivity contribution is -0.121. The molecule has 1 unspecified atom stereocenters. The lowest BCUT2D eigenvalue weighted by atomic mass is 9.87. The SMILES string of the molecule is CCC(C)NC(=O)CCNC1CC(NC(=O)OCc2ccccc2)C1. The highest BCUT2D eigenvalue weighted by atomic mass is 16.5. The average Bonchev–Trinajstić information content (AvgIpc) is 2.58. The van der Waals surface area contributed by atoms with E-state index in [0.29, 0.717) is 19.0 Å². The summed E-state index contributed by atoms with van der Waals surface area (Å²) in [5.74, 6) is 0.0836. The van der Waals surface area contributed by atoms with Crippen molar-refractivity contribution in [3.05, 3.63) is 35.9 Å². The van der Waals surface area contributed by atoms with Crippen LogP contribution in [0.3, 0.4) is 0 Å². The fraction of sp³-hybridized carbons (Fsp3) is 0.579. The van der Waals surface area contributed by atoms with Gasteiger partial charge in [0.25, 0.3) is 0 Å². The van der Waals surface area contributed by atoms with Gasteiger partial charge in [-0.15, -0.1) is 0 Å². The third kappa shape index (κ3) is 7.13. The lowest BCUT2D eigenvalue weighted by Crippen LogP contribution is -2.52. The summed E-state index contributed by atoms with van der Waals surface area (Å²) in [6, 6.07) is 10.3. The van der Waals surface area contributed by atoms with Crippen molar-refractivity contribution in [2.75, 3.05) is 6.54 Å². The van der Waals surface area contributed by atoms with Crippen molar-refractivity contribution < 1.29 is 14.3 Å². The van der Waals surface area contributed by atoms with E-state index in [-0.39, 0.29) is 30.7 Å². The lowest BCUT2D eigenvalue weighted by Gasteiger charge is -2.36. The molecule has 1 aromatic rings. The normalized spacial score (nSPS) is 20.2. The Morgan fingerprint density at radius 1 is 1.20 bits per heavy atom. The fourth-order valence-corrected chi connectivity index (χ4v) is 2.67. The van der Waals surface area contributed by atoms with E-state index in [0.717, 1.165) is 24.8 Å². The molecule has 6 nitrogen and oxygen atoms in total. The molecule has 1 aliphatic carbocycles. The molecular formula is C19H29N3O3. The van der Waals surface area contributed by atoms with Crippen LogP contribution in [0, 0.1) is 0 Å². The molecule has 3 N–H and O–H groups in total. The van der Waals surface area contributed by atoms with Gasteiger partial charge in [-0.2, -0.15) is 0 Å². The molecule has 6 heteroatoms. The van der Waals surface area contributed by atoms with Gasteiger partial charge in [-0.3, -0.25) is 4.79 Å². The van der Waals surface area contributed by atoms with E-state index in [9.17, 15) is 9.59 Å². The van der Waals surface area contributed by atoms with Crippen LogP contribution in [-0.4, -0.2) is 36.7 Å². The van der Waals surface area contributed by atoms with Crippen LogP contribution < -0.4 is 16.0 Å². The number of rotatable bonds is 9. The Kier molecular flexibility index (Phi) is 7.73. The van der Waals surface area contributed by atoms with Gasteiger partial charge in [-0.05, 0) is 31.7 Å². The molecule has 25 heavy (non-hydrogen) atoms. The predicted octanol–water partition coefficient (Wildman–Crippen LogP) is 2.34. The molecule has 1 fully saturated rings. The molecule has 2 rings (SSSR count). The van der Waals surface area contributed by atoms with Crippen LogP contribution in [0.5, 0.6) is 0 Å². The third-order valence-corrected chi connectivity index (χ3v) is 4.48. The van der Waals surface area contributed by atoms with Gasteiger partial charge in [-0.25, -0.2) is 4.79 Å². The molecule has 2 amide bonds. The Labute approximate surface area is 149 Å². The third-order valence-electron chi connectivity index (χ3n) is 4.48. The first kappa shape index (κ1) is 19.2. The number of benzene rings is 1. The molecule has 0 saturated heterocycles. The minimum Gasteiger partial charge on any atom is -0.445 e. The van der Waals surface area contributed by atoms with E-state index in [1.165, 1.54) is 0 Å².